The molecule has 2 unspecified atom stereocenters. The molecule has 0 aliphatic carbocycles. The zero-order valence-corrected chi connectivity index (χ0v) is 8.31. The minimum absolute atomic E-state index is 0.397. The van der Waals surface area contributed by atoms with E-state index >= 15 is 0 Å². The monoisotopic (exact) mass is 193 g/mol. The molecule has 1 N–H and O–H groups in total. The lowest BCUT2D eigenvalue weighted by atomic mass is 10.0. The third-order valence-electron chi connectivity index (χ3n) is 2.61. The van der Waals surface area contributed by atoms with Crippen molar-refractivity contribution in [1.82, 2.24) is 9.97 Å². The summed E-state index contributed by atoms with van der Waals surface area (Å²) in [6.07, 6.45) is 6.25. The third-order valence-corrected chi connectivity index (χ3v) is 2.61. The van der Waals surface area contributed by atoms with Gasteiger partial charge in [0.2, 0.25) is 0 Å². The highest BCUT2D eigenvalue weighted by Crippen LogP contribution is 2.18. The Morgan fingerprint density at radius 1 is 1.57 bits per heavy atom. The molecule has 1 aromatic rings. The van der Waals surface area contributed by atoms with E-state index in [4.69, 9.17) is 4.74 Å². The molecule has 1 saturated heterocycles. The molecule has 14 heavy (non-hydrogen) atoms. The van der Waals surface area contributed by atoms with E-state index in [1.165, 1.54) is 0 Å². The number of nitrogens with zero attached hydrogens (tertiary/aromatic N) is 2. The Kier molecular flexibility index (Phi) is 2.93. The standard InChI is InChI=1S/C10H15N3O/c1-8(9-2-5-14-7-9)13-10-6-11-3-4-12-10/h3-4,6,8-9H,2,5,7H2,1H3,(H,12,13). The van der Waals surface area contributed by atoms with E-state index in [0.29, 0.717) is 12.0 Å². The first-order valence-electron chi connectivity index (χ1n) is 4.96. The first-order chi connectivity index (χ1) is 6.86. The molecule has 1 fully saturated rings. The molecule has 4 nitrogen and oxygen atoms in total. The molecule has 1 aliphatic heterocycles. The lowest BCUT2D eigenvalue weighted by Crippen LogP contribution is -2.26. The van der Waals surface area contributed by atoms with Gasteiger partial charge in [0, 0.05) is 31.0 Å². The number of nitrogens with one attached hydrogen (secondary N) is 1. The number of aromatic nitrogens is 2. The Morgan fingerprint density at radius 3 is 3.14 bits per heavy atom. The molecular formula is C10H15N3O. The van der Waals surface area contributed by atoms with Crippen molar-refractivity contribution in [2.24, 2.45) is 5.92 Å². The van der Waals surface area contributed by atoms with Crippen LogP contribution in [0.3, 0.4) is 0 Å². The van der Waals surface area contributed by atoms with E-state index in [-0.39, 0.29) is 0 Å². The number of hydrogen-bond acceptors (Lipinski definition) is 4. The minimum Gasteiger partial charge on any atom is -0.381 e. The van der Waals surface area contributed by atoms with Crippen LogP contribution in [0.1, 0.15) is 13.3 Å². The summed E-state index contributed by atoms with van der Waals surface area (Å²) < 4.78 is 5.34. The fraction of sp³-hybridized carbons (Fsp3) is 0.600. The maximum absolute atomic E-state index is 5.34. The number of rotatable bonds is 3. The van der Waals surface area contributed by atoms with Crippen molar-refractivity contribution in [3.63, 3.8) is 0 Å². The molecule has 0 spiro atoms. The van der Waals surface area contributed by atoms with Gasteiger partial charge < -0.3 is 10.1 Å². The zero-order chi connectivity index (χ0) is 9.80. The second kappa shape index (κ2) is 4.37. The second-order valence-corrected chi connectivity index (χ2v) is 3.65. The smallest absolute Gasteiger partial charge is 0.144 e. The quantitative estimate of drug-likeness (QED) is 0.786. The van der Waals surface area contributed by atoms with Gasteiger partial charge in [0.15, 0.2) is 0 Å². The lowest BCUT2D eigenvalue weighted by molar-refractivity contribution is 0.183. The minimum atomic E-state index is 0.397. The highest BCUT2D eigenvalue weighted by molar-refractivity contribution is 5.31. The molecule has 0 radical (unpaired) electrons. The van der Waals surface area contributed by atoms with Gasteiger partial charge in [-0.25, -0.2) is 4.98 Å². The maximum Gasteiger partial charge on any atom is 0.144 e. The third kappa shape index (κ3) is 2.20. The van der Waals surface area contributed by atoms with Crippen LogP contribution in [-0.4, -0.2) is 29.2 Å². The lowest BCUT2D eigenvalue weighted by Gasteiger charge is -2.19. The van der Waals surface area contributed by atoms with E-state index in [9.17, 15) is 0 Å². The SMILES string of the molecule is CC(Nc1cnccn1)C1CCOC1. The molecular weight excluding hydrogens is 178 g/mol. The van der Waals surface area contributed by atoms with Gasteiger partial charge in [0.1, 0.15) is 5.82 Å². The van der Waals surface area contributed by atoms with Crippen LogP contribution in [-0.2, 0) is 4.74 Å². The van der Waals surface area contributed by atoms with Crippen LogP contribution in [0.15, 0.2) is 18.6 Å². The van der Waals surface area contributed by atoms with Crippen LogP contribution in [0.2, 0.25) is 0 Å². The average Bonchev–Trinajstić information content (AvgIpc) is 2.72. The predicted molar refractivity (Wildman–Crippen MR) is 54.0 cm³/mol. The Morgan fingerprint density at radius 2 is 2.50 bits per heavy atom. The normalized spacial score (nSPS) is 23.4. The summed E-state index contributed by atoms with van der Waals surface area (Å²) >= 11 is 0. The Labute approximate surface area is 83.7 Å². The van der Waals surface area contributed by atoms with Crippen LogP contribution < -0.4 is 5.32 Å². The number of hydrogen-bond donors (Lipinski definition) is 1. The largest absolute Gasteiger partial charge is 0.381 e. The van der Waals surface area contributed by atoms with Crippen molar-refractivity contribution >= 4 is 5.82 Å². The Hall–Kier alpha value is -1.16. The van der Waals surface area contributed by atoms with Crippen molar-refractivity contribution in [1.29, 1.82) is 0 Å². The van der Waals surface area contributed by atoms with E-state index in [0.717, 1.165) is 25.5 Å². The van der Waals surface area contributed by atoms with Crippen molar-refractivity contribution in [3.8, 4) is 0 Å². The van der Waals surface area contributed by atoms with Crippen LogP contribution in [0.25, 0.3) is 0 Å². The molecule has 0 amide bonds. The molecule has 0 bridgehead atoms. The molecule has 0 aromatic carbocycles. The summed E-state index contributed by atoms with van der Waals surface area (Å²) in [6, 6.07) is 0.397. The van der Waals surface area contributed by atoms with Crippen molar-refractivity contribution < 1.29 is 4.74 Å². The van der Waals surface area contributed by atoms with E-state index in [2.05, 4.69) is 22.2 Å². The van der Waals surface area contributed by atoms with Gasteiger partial charge in [0.25, 0.3) is 0 Å². The molecule has 1 aliphatic rings. The second-order valence-electron chi connectivity index (χ2n) is 3.65. The molecule has 76 valence electrons. The van der Waals surface area contributed by atoms with Crippen molar-refractivity contribution in [2.75, 3.05) is 18.5 Å². The van der Waals surface area contributed by atoms with E-state index in [1.54, 1.807) is 18.6 Å². The predicted octanol–water partition coefficient (Wildman–Crippen LogP) is 1.31. The van der Waals surface area contributed by atoms with Crippen LogP contribution in [0.5, 0.6) is 0 Å². The van der Waals surface area contributed by atoms with Gasteiger partial charge in [0.05, 0.1) is 12.8 Å². The van der Waals surface area contributed by atoms with Gasteiger partial charge in [-0.2, -0.15) is 0 Å². The van der Waals surface area contributed by atoms with Crippen molar-refractivity contribution in [3.05, 3.63) is 18.6 Å². The topological polar surface area (TPSA) is 47.0 Å². The summed E-state index contributed by atoms with van der Waals surface area (Å²) in [7, 11) is 0. The van der Waals surface area contributed by atoms with Gasteiger partial charge >= 0.3 is 0 Å². The van der Waals surface area contributed by atoms with Crippen LogP contribution in [0, 0.1) is 5.92 Å². The van der Waals surface area contributed by atoms with E-state index in [1.807, 2.05) is 0 Å². The maximum atomic E-state index is 5.34. The molecule has 4 heteroatoms. The Balaban J connectivity index is 1.90. The highest BCUT2D eigenvalue weighted by Gasteiger charge is 2.22. The van der Waals surface area contributed by atoms with Gasteiger partial charge in [-0.05, 0) is 13.3 Å². The fourth-order valence-electron chi connectivity index (χ4n) is 1.67. The summed E-state index contributed by atoms with van der Waals surface area (Å²) in [5.41, 5.74) is 0. The number of anilines is 1. The van der Waals surface area contributed by atoms with Crippen molar-refractivity contribution in [2.45, 2.75) is 19.4 Å². The summed E-state index contributed by atoms with van der Waals surface area (Å²) in [4.78, 5) is 8.18. The van der Waals surface area contributed by atoms with Gasteiger partial charge in [-0.3, -0.25) is 4.98 Å². The van der Waals surface area contributed by atoms with E-state index < -0.39 is 0 Å². The average molecular weight is 193 g/mol. The molecule has 2 rings (SSSR count). The zero-order valence-electron chi connectivity index (χ0n) is 8.31. The van der Waals surface area contributed by atoms with Gasteiger partial charge in [-0.1, -0.05) is 0 Å². The first kappa shape index (κ1) is 9.40. The molecule has 0 saturated carbocycles. The fourth-order valence-corrected chi connectivity index (χ4v) is 1.67. The van der Waals surface area contributed by atoms with Crippen LogP contribution >= 0.6 is 0 Å². The van der Waals surface area contributed by atoms with Gasteiger partial charge in [-0.15, -0.1) is 0 Å². The molecule has 2 atom stereocenters. The summed E-state index contributed by atoms with van der Waals surface area (Å²) in [5.74, 6) is 1.43. The molecule has 1 aromatic heterocycles. The van der Waals surface area contributed by atoms with Crippen LogP contribution in [0.4, 0.5) is 5.82 Å². The molecule has 2 heterocycles. The first-order valence-corrected chi connectivity index (χ1v) is 4.96. The summed E-state index contributed by atoms with van der Waals surface area (Å²) in [5, 5.41) is 3.33. The highest BCUT2D eigenvalue weighted by atomic mass is 16.5. The Bertz CT molecular complexity index is 272. The number of ether oxygens (including phenoxy) is 1. The summed E-state index contributed by atoms with van der Waals surface area (Å²) in [6.45, 7) is 3.90.